The molecule has 0 saturated heterocycles. The first-order valence-corrected chi connectivity index (χ1v) is 7.58. The van der Waals surface area contributed by atoms with Gasteiger partial charge in [0.1, 0.15) is 12.6 Å². The summed E-state index contributed by atoms with van der Waals surface area (Å²) in [6.07, 6.45) is 0. The summed E-state index contributed by atoms with van der Waals surface area (Å²) < 4.78 is 0. The molecule has 0 aliphatic carbocycles. The lowest BCUT2D eigenvalue weighted by Gasteiger charge is -2.11. The second-order valence-electron chi connectivity index (χ2n) is 5.31. The van der Waals surface area contributed by atoms with E-state index in [1.807, 2.05) is 42.5 Å². The Morgan fingerprint density at radius 3 is 2.86 bits per heavy atom. The summed E-state index contributed by atoms with van der Waals surface area (Å²) >= 11 is 6.02. The maximum Gasteiger partial charge on any atom is 0.258 e. The van der Waals surface area contributed by atoms with Crippen molar-refractivity contribution in [3.05, 3.63) is 75.3 Å². The van der Waals surface area contributed by atoms with Crippen LogP contribution in [0.3, 0.4) is 0 Å². The molecular formula is C17H17ClN3O+. The topological polar surface area (TPSA) is 62.4 Å². The van der Waals surface area contributed by atoms with E-state index in [0.29, 0.717) is 17.8 Å². The average molecular weight is 315 g/mol. The van der Waals surface area contributed by atoms with Crippen LogP contribution in [0.5, 0.6) is 0 Å². The van der Waals surface area contributed by atoms with E-state index < -0.39 is 0 Å². The monoisotopic (exact) mass is 314 g/mol. The van der Waals surface area contributed by atoms with E-state index in [1.54, 1.807) is 6.07 Å². The molecule has 1 aromatic heterocycles. The van der Waals surface area contributed by atoms with Gasteiger partial charge in [0.2, 0.25) is 0 Å². The molecule has 112 valence electrons. The zero-order valence-corrected chi connectivity index (χ0v) is 13.0. The highest BCUT2D eigenvalue weighted by atomic mass is 35.5. The van der Waals surface area contributed by atoms with Gasteiger partial charge in [-0.3, -0.25) is 4.79 Å². The van der Waals surface area contributed by atoms with E-state index in [-0.39, 0.29) is 11.6 Å². The molecule has 0 aliphatic heterocycles. The summed E-state index contributed by atoms with van der Waals surface area (Å²) in [7, 11) is 0. The molecule has 0 fully saturated rings. The minimum atomic E-state index is -0.0931. The molecule has 4 nitrogen and oxygen atoms in total. The Morgan fingerprint density at radius 2 is 2.05 bits per heavy atom. The highest BCUT2D eigenvalue weighted by Crippen LogP contribution is 2.14. The number of nitrogens with two attached hydrogens (primary N) is 1. The van der Waals surface area contributed by atoms with Crippen molar-refractivity contribution < 1.29 is 5.32 Å². The van der Waals surface area contributed by atoms with Crippen LogP contribution < -0.4 is 10.9 Å². The summed E-state index contributed by atoms with van der Waals surface area (Å²) in [5.41, 5.74) is 1.78. The molecule has 22 heavy (non-hydrogen) atoms. The predicted molar refractivity (Wildman–Crippen MR) is 87.9 cm³/mol. The van der Waals surface area contributed by atoms with Crippen molar-refractivity contribution in [2.24, 2.45) is 0 Å². The van der Waals surface area contributed by atoms with Crippen molar-refractivity contribution in [3.8, 4) is 0 Å². The molecule has 3 aromatic rings. The van der Waals surface area contributed by atoms with Crippen LogP contribution in [-0.2, 0) is 6.54 Å². The number of halogens is 1. The number of aromatic amines is 1. The van der Waals surface area contributed by atoms with Crippen molar-refractivity contribution >= 4 is 22.5 Å². The Hall–Kier alpha value is -2.17. The number of nitrogens with one attached hydrogen (secondary N) is 1. The van der Waals surface area contributed by atoms with Gasteiger partial charge in [0.05, 0.1) is 10.9 Å². The molecule has 3 rings (SSSR count). The molecule has 1 heterocycles. The summed E-state index contributed by atoms with van der Waals surface area (Å²) in [5.74, 6) is 0.678. The Morgan fingerprint density at radius 1 is 1.23 bits per heavy atom. The van der Waals surface area contributed by atoms with Crippen LogP contribution in [0.25, 0.3) is 10.9 Å². The van der Waals surface area contributed by atoms with Crippen molar-refractivity contribution in [1.29, 1.82) is 0 Å². The molecule has 0 amide bonds. The number of nitrogens with zero attached hydrogens (tertiary/aromatic N) is 1. The zero-order valence-electron chi connectivity index (χ0n) is 12.2. The standard InChI is InChI=1S/C17H16ClN3O/c1-11(12-5-4-6-13(18)9-12)19-10-16-20-15-8-3-2-7-14(15)17(22)21-16/h2-9,11,19H,10H2,1H3,(H,20,21,22)/p+1/t11-/m1/s1. The molecule has 0 unspecified atom stereocenters. The average Bonchev–Trinajstić information content (AvgIpc) is 2.53. The zero-order chi connectivity index (χ0) is 15.5. The van der Waals surface area contributed by atoms with Gasteiger partial charge >= 0.3 is 0 Å². The predicted octanol–water partition coefficient (Wildman–Crippen LogP) is 2.40. The van der Waals surface area contributed by atoms with Crippen LogP contribution in [0.2, 0.25) is 5.02 Å². The first-order valence-electron chi connectivity index (χ1n) is 7.20. The highest BCUT2D eigenvalue weighted by molar-refractivity contribution is 6.30. The highest BCUT2D eigenvalue weighted by Gasteiger charge is 2.11. The number of quaternary nitrogens is 1. The maximum atomic E-state index is 12.0. The van der Waals surface area contributed by atoms with Crippen molar-refractivity contribution in [2.45, 2.75) is 19.5 Å². The van der Waals surface area contributed by atoms with Crippen molar-refractivity contribution in [1.82, 2.24) is 9.97 Å². The van der Waals surface area contributed by atoms with E-state index in [2.05, 4.69) is 22.2 Å². The van der Waals surface area contributed by atoms with E-state index in [1.165, 1.54) is 0 Å². The summed E-state index contributed by atoms with van der Waals surface area (Å²) in [6.45, 7) is 2.71. The molecule has 0 spiro atoms. The van der Waals surface area contributed by atoms with E-state index in [0.717, 1.165) is 16.1 Å². The van der Waals surface area contributed by atoms with E-state index in [9.17, 15) is 4.79 Å². The Balaban J connectivity index is 1.78. The largest absolute Gasteiger partial charge is 0.334 e. The van der Waals surface area contributed by atoms with Gasteiger partial charge in [-0.1, -0.05) is 35.9 Å². The number of rotatable bonds is 4. The summed E-state index contributed by atoms with van der Waals surface area (Å²) in [4.78, 5) is 19.4. The fourth-order valence-electron chi connectivity index (χ4n) is 2.45. The normalized spacial score (nSPS) is 12.5. The molecule has 2 aromatic carbocycles. The number of hydrogen-bond donors (Lipinski definition) is 2. The van der Waals surface area contributed by atoms with Gasteiger partial charge in [0.15, 0.2) is 5.82 Å². The number of H-pyrrole nitrogens is 1. The minimum absolute atomic E-state index is 0.0931. The summed E-state index contributed by atoms with van der Waals surface area (Å²) in [6, 6.07) is 15.4. The summed E-state index contributed by atoms with van der Waals surface area (Å²) in [5, 5.41) is 3.47. The van der Waals surface area contributed by atoms with Crippen LogP contribution in [0.1, 0.15) is 24.4 Å². The Bertz CT molecular complexity index is 860. The van der Waals surface area contributed by atoms with E-state index in [4.69, 9.17) is 11.6 Å². The van der Waals surface area contributed by atoms with Gasteiger partial charge in [-0.05, 0) is 31.2 Å². The second kappa shape index (κ2) is 6.30. The van der Waals surface area contributed by atoms with Gasteiger partial charge in [0, 0.05) is 10.6 Å². The van der Waals surface area contributed by atoms with Crippen LogP contribution in [0.4, 0.5) is 0 Å². The minimum Gasteiger partial charge on any atom is -0.334 e. The number of aromatic nitrogens is 2. The van der Waals surface area contributed by atoms with Gasteiger partial charge in [0.25, 0.3) is 5.56 Å². The number of hydrogen-bond acceptors (Lipinski definition) is 2. The van der Waals surface area contributed by atoms with Gasteiger partial charge in [-0.15, -0.1) is 0 Å². The van der Waals surface area contributed by atoms with Crippen LogP contribution in [-0.4, -0.2) is 9.97 Å². The third-order valence-corrected chi connectivity index (χ3v) is 3.94. The Kier molecular flexibility index (Phi) is 4.22. The molecule has 0 bridgehead atoms. The number of benzene rings is 2. The lowest BCUT2D eigenvalue weighted by atomic mass is 10.1. The second-order valence-corrected chi connectivity index (χ2v) is 5.75. The fourth-order valence-corrected chi connectivity index (χ4v) is 2.64. The quantitative estimate of drug-likeness (QED) is 0.777. The maximum absolute atomic E-state index is 12.0. The van der Waals surface area contributed by atoms with E-state index >= 15 is 0 Å². The Labute approximate surface area is 133 Å². The molecule has 5 heteroatoms. The van der Waals surface area contributed by atoms with Crippen LogP contribution in [0.15, 0.2) is 53.3 Å². The molecule has 1 atom stereocenters. The van der Waals surface area contributed by atoms with Crippen LogP contribution in [0, 0.1) is 0 Å². The molecule has 0 saturated carbocycles. The van der Waals surface area contributed by atoms with Gasteiger partial charge in [-0.2, -0.15) is 0 Å². The van der Waals surface area contributed by atoms with Gasteiger partial charge < -0.3 is 10.3 Å². The molecule has 0 radical (unpaired) electrons. The lowest BCUT2D eigenvalue weighted by Crippen LogP contribution is -2.83. The molecule has 0 aliphatic rings. The van der Waals surface area contributed by atoms with Crippen LogP contribution >= 0.6 is 11.6 Å². The smallest absolute Gasteiger partial charge is 0.258 e. The lowest BCUT2D eigenvalue weighted by molar-refractivity contribution is -0.708. The van der Waals surface area contributed by atoms with Gasteiger partial charge in [-0.25, -0.2) is 4.98 Å². The third kappa shape index (κ3) is 3.18. The third-order valence-electron chi connectivity index (χ3n) is 3.70. The first-order chi connectivity index (χ1) is 10.6. The van der Waals surface area contributed by atoms with Crippen molar-refractivity contribution in [2.75, 3.05) is 0 Å². The first kappa shape index (κ1) is 14.8. The molecular weight excluding hydrogens is 298 g/mol. The van der Waals surface area contributed by atoms with Crippen molar-refractivity contribution in [3.63, 3.8) is 0 Å². The fraction of sp³-hybridized carbons (Fsp3) is 0.176. The number of fused-ring (bicyclic) bond motifs is 1. The molecule has 3 N–H and O–H groups in total. The number of para-hydroxylation sites is 1. The SMILES string of the molecule is C[C@@H]([NH2+]Cc1nc2ccccc2c(=O)[nH]1)c1cccc(Cl)c1.